The quantitative estimate of drug-likeness (QED) is 0.408. The van der Waals surface area contributed by atoms with Gasteiger partial charge in [-0.05, 0) is 36.0 Å². The molecule has 8 nitrogen and oxygen atoms in total. The molecule has 3 aromatic heterocycles. The number of H-pyrrole nitrogens is 2. The van der Waals surface area contributed by atoms with E-state index in [1.54, 1.807) is 18.3 Å². The van der Waals surface area contributed by atoms with Crippen molar-refractivity contribution in [3.8, 4) is 0 Å². The van der Waals surface area contributed by atoms with Crippen LogP contribution in [0.3, 0.4) is 0 Å². The molecule has 6 rings (SSSR count). The number of aliphatic imine (C=N–C) groups is 1. The van der Waals surface area contributed by atoms with Gasteiger partial charge in [0, 0.05) is 17.8 Å². The van der Waals surface area contributed by atoms with Gasteiger partial charge in [-0.25, -0.2) is 9.98 Å². The Balaban J connectivity index is 1.34. The lowest BCUT2D eigenvalue weighted by atomic mass is 9.76. The van der Waals surface area contributed by atoms with Crippen LogP contribution < -0.4 is 5.32 Å². The number of carbonyl (C=O) groups is 1. The Labute approximate surface area is 189 Å². The molecule has 4 aromatic rings. The highest BCUT2D eigenvalue weighted by molar-refractivity contribution is 7.99. The van der Waals surface area contributed by atoms with Crippen molar-refractivity contribution in [3.05, 3.63) is 51.8 Å². The number of nitrogens with zero attached hydrogens (tertiary/aromatic N) is 3. The topological polar surface area (TPSA) is 112 Å². The van der Waals surface area contributed by atoms with Crippen LogP contribution in [0.4, 0.5) is 5.82 Å². The second-order valence-corrected chi connectivity index (χ2v) is 9.19. The largest absolute Gasteiger partial charge is 0.454 e. The average molecular weight is 473 g/mol. The molecule has 5 heterocycles. The molecule has 0 aliphatic carbocycles. The number of hydrogen-bond acceptors (Lipinski definition) is 7. The molecule has 3 N–H and O–H groups in total. The Morgan fingerprint density at radius 1 is 1.13 bits per heavy atom. The van der Waals surface area contributed by atoms with E-state index in [1.165, 1.54) is 11.8 Å². The maximum atomic E-state index is 12.7. The summed E-state index contributed by atoms with van der Waals surface area (Å²) in [4.78, 5) is 25.1. The van der Waals surface area contributed by atoms with Gasteiger partial charge in [0.25, 0.3) is 0 Å². The normalized spacial score (nSPS) is 20.6. The SMILES string of the molecule is O=C1CNCC2=Nc3[nH]ncc3C(c3ccc(Sc4nc5cc(Cl)c(Cl)cc5[nH]4)o3)C12. The number of nitrogens with one attached hydrogen (secondary N) is 3. The molecule has 2 atom stereocenters. The van der Waals surface area contributed by atoms with E-state index in [2.05, 4.69) is 30.5 Å². The number of halogens is 2. The highest BCUT2D eigenvalue weighted by atomic mass is 35.5. The number of fused-ring (bicyclic) bond motifs is 3. The number of aromatic amines is 2. The summed E-state index contributed by atoms with van der Waals surface area (Å²) >= 11 is 13.5. The van der Waals surface area contributed by atoms with Crippen LogP contribution in [0.2, 0.25) is 10.0 Å². The minimum atomic E-state index is -0.356. The molecule has 31 heavy (non-hydrogen) atoms. The number of ketones is 1. The van der Waals surface area contributed by atoms with Gasteiger partial charge in [0.1, 0.15) is 5.76 Å². The van der Waals surface area contributed by atoms with Gasteiger partial charge in [-0.2, -0.15) is 5.10 Å². The lowest BCUT2D eigenvalue weighted by Gasteiger charge is -2.32. The molecule has 1 fully saturated rings. The zero-order valence-corrected chi connectivity index (χ0v) is 18.1. The van der Waals surface area contributed by atoms with Crippen molar-refractivity contribution in [2.75, 3.05) is 13.1 Å². The summed E-state index contributed by atoms with van der Waals surface area (Å²) in [7, 11) is 0. The van der Waals surface area contributed by atoms with E-state index in [4.69, 9.17) is 27.6 Å². The smallest absolute Gasteiger partial charge is 0.174 e. The third-order valence-corrected chi connectivity index (χ3v) is 7.02. The van der Waals surface area contributed by atoms with Crippen LogP contribution in [0.25, 0.3) is 11.0 Å². The predicted molar refractivity (Wildman–Crippen MR) is 118 cm³/mol. The lowest BCUT2D eigenvalue weighted by Crippen LogP contribution is -2.48. The van der Waals surface area contributed by atoms with Crippen LogP contribution >= 0.6 is 35.0 Å². The molecule has 2 aliphatic rings. The molecule has 0 bridgehead atoms. The second-order valence-electron chi connectivity index (χ2n) is 7.39. The average Bonchev–Trinajstić information content (AvgIpc) is 3.47. The maximum Gasteiger partial charge on any atom is 0.174 e. The summed E-state index contributed by atoms with van der Waals surface area (Å²) in [5.74, 6) is 0.840. The molecule has 0 saturated carbocycles. The van der Waals surface area contributed by atoms with Crippen molar-refractivity contribution in [2.45, 2.75) is 16.2 Å². The Bertz CT molecular complexity index is 1330. The third-order valence-electron chi connectivity index (χ3n) is 5.49. The van der Waals surface area contributed by atoms with Crippen molar-refractivity contribution >= 4 is 63.3 Å². The number of benzene rings is 1. The maximum absolute atomic E-state index is 12.7. The van der Waals surface area contributed by atoms with Crippen LogP contribution in [0, 0.1) is 5.92 Å². The van der Waals surface area contributed by atoms with Gasteiger partial charge >= 0.3 is 0 Å². The molecule has 0 amide bonds. The van der Waals surface area contributed by atoms with Gasteiger partial charge in [0.2, 0.25) is 0 Å². The van der Waals surface area contributed by atoms with E-state index >= 15 is 0 Å². The highest BCUT2D eigenvalue weighted by Crippen LogP contribution is 2.44. The molecule has 156 valence electrons. The van der Waals surface area contributed by atoms with Crippen LogP contribution in [-0.2, 0) is 4.79 Å². The molecule has 0 spiro atoms. The van der Waals surface area contributed by atoms with Gasteiger partial charge in [-0.1, -0.05) is 23.2 Å². The van der Waals surface area contributed by atoms with E-state index in [1.807, 2.05) is 12.1 Å². The van der Waals surface area contributed by atoms with Crippen molar-refractivity contribution in [1.29, 1.82) is 0 Å². The van der Waals surface area contributed by atoms with Crippen molar-refractivity contribution in [1.82, 2.24) is 25.5 Å². The first kappa shape index (κ1) is 19.1. The van der Waals surface area contributed by atoms with Crippen LogP contribution in [0.1, 0.15) is 17.2 Å². The van der Waals surface area contributed by atoms with Crippen LogP contribution in [0.15, 0.2) is 50.1 Å². The number of carbonyl (C=O) groups excluding carboxylic acids is 1. The molecule has 0 radical (unpaired) electrons. The minimum Gasteiger partial charge on any atom is -0.454 e. The summed E-state index contributed by atoms with van der Waals surface area (Å²) in [5.41, 5.74) is 3.18. The van der Waals surface area contributed by atoms with Gasteiger partial charge < -0.3 is 14.7 Å². The van der Waals surface area contributed by atoms with Crippen molar-refractivity contribution in [3.63, 3.8) is 0 Å². The number of imidazole rings is 1. The lowest BCUT2D eigenvalue weighted by molar-refractivity contribution is -0.121. The van der Waals surface area contributed by atoms with Crippen LogP contribution in [-0.4, -0.2) is 44.7 Å². The molecule has 1 saturated heterocycles. The Kier molecular flexibility index (Phi) is 4.46. The first-order valence-corrected chi connectivity index (χ1v) is 11.1. The zero-order valence-electron chi connectivity index (χ0n) is 15.8. The monoisotopic (exact) mass is 472 g/mol. The predicted octanol–water partition coefficient (Wildman–Crippen LogP) is 4.34. The van der Waals surface area contributed by atoms with Crippen molar-refractivity contribution in [2.24, 2.45) is 10.9 Å². The fourth-order valence-electron chi connectivity index (χ4n) is 4.13. The van der Waals surface area contributed by atoms with Gasteiger partial charge in [-0.15, -0.1) is 0 Å². The standard InChI is InChI=1S/C20H14Cl2N6O2S/c21-9-3-11-12(4-10(9)22)27-20(26-11)31-16-2-1-15(30-16)17-8-5-24-28-19(8)25-13-6-23-7-14(29)18(13)17/h1-5,17-18,23H,6-7H2,(H,24,28)(H,26,27). The van der Waals surface area contributed by atoms with Gasteiger partial charge in [0.15, 0.2) is 21.8 Å². The second kappa shape index (κ2) is 7.23. The summed E-state index contributed by atoms with van der Waals surface area (Å²) in [6.07, 6.45) is 1.72. The number of rotatable bonds is 3. The van der Waals surface area contributed by atoms with E-state index in [0.717, 1.165) is 22.3 Å². The summed E-state index contributed by atoms with van der Waals surface area (Å²) < 4.78 is 6.18. The number of hydrogen-bond donors (Lipinski definition) is 3. The highest BCUT2D eigenvalue weighted by Gasteiger charge is 2.43. The molecular weight excluding hydrogens is 459 g/mol. The molecule has 1 aromatic carbocycles. The molecule has 2 aliphatic heterocycles. The number of Topliss-reactive ketones (excluding diaryl/α,β-unsaturated/α-hetero) is 1. The van der Waals surface area contributed by atoms with Crippen LogP contribution in [0.5, 0.6) is 0 Å². The van der Waals surface area contributed by atoms with E-state index < -0.39 is 0 Å². The molecule has 11 heteroatoms. The minimum absolute atomic E-state index is 0.0958. The summed E-state index contributed by atoms with van der Waals surface area (Å²) in [6.45, 7) is 0.886. The zero-order chi connectivity index (χ0) is 21.1. The van der Waals surface area contributed by atoms with E-state index in [9.17, 15) is 4.79 Å². The van der Waals surface area contributed by atoms with E-state index in [-0.39, 0.29) is 17.6 Å². The summed E-state index contributed by atoms with van der Waals surface area (Å²) in [6, 6.07) is 7.25. The summed E-state index contributed by atoms with van der Waals surface area (Å²) in [5, 5.41) is 12.4. The fraction of sp³-hybridized carbons (Fsp3) is 0.200. The molecule has 2 unspecified atom stereocenters. The molecular formula is C20H14Cl2N6O2S. The van der Waals surface area contributed by atoms with E-state index in [0.29, 0.717) is 45.0 Å². The third kappa shape index (κ3) is 3.20. The first-order chi connectivity index (χ1) is 15.1. The van der Waals surface area contributed by atoms with Crippen molar-refractivity contribution < 1.29 is 9.21 Å². The number of furan rings is 1. The number of aromatic nitrogens is 4. The Hall–Kier alpha value is -2.59. The Morgan fingerprint density at radius 2 is 2.00 bits per heavy atom. The first-order valence-electron chi connectivity index (χ1n) is 9.53. The Morgan fingerprint density at radius 3 is 2.90 bits per heavy atom. The fourth-order valence-corrected chi connectivity index (χ4v) is 5.23. The number of piperidine rings is 1. The van der Waals surface area contributed by atoms with Gasteiger partial charge in [0.05, 0.1) is 45.7 Å². The van der Waals surface area contributed by atoms with Gasteiger partial charge in [-0.3, -0.25) is 9.89 Å².